The standard InChI is InChI=1S/C12H18ClN5/c1-4-17-11(12(13)8(2)16-17)7-18-9(3)10(5-14)6-15-18/h6H,4-5,7,14H2,1-3H3. The van der Waals surface area contributed by atoms with Crippen LogP contribution in [0, 0.1) is 13.8 Å². The van der Waals surface area contributed by atoms with E-state index >= 15 is 0 Å². The van der Waals surface area contributed by atoms with Crippen LogP contribution in [-0.2, 0) is 19.6 Å². The van der Waals surface area contributed by atoms with Crippen molar-refractivity contribution in [2.75, 3.05) is 0 Å². The number of nitrogens with zero attached hydrogens (tertiary/aromatic N) is 4. The summed E-state index contributed by atoms with van der Waals surface area (Å²) < 4.78 is 3.83. The van der Waals surface area contributed by atoms with Crippen molar-refractivity contribution >= 4 is 11.6 Å². The first-order chi connectivity index (χ1) is 8.58. The second-order valence-electron chi connectivity index (χ2n) is 4.28. The highest BCUT2D eigenvalue weighted by Gasteiger charge is 2.14. The summed E-state index contributed by atoms with van der Waals surface area (Å²) in [7, 11) is 0. The summed E-state index contributed by atoms with van der Waals surface area (Å²) in [5.41, 5.74) is 9.64. The second kappa shape index (κ2) is 5.12. The zero-order valence-electron chi connectivity index (χ0n) is 10.9. The maximum atomic E-state index is 6.29. The highest BCUT2D eigenvalue weighted by molar-refractivity contribution is 6.31. The number of rotatable bonds is 4. The Morgan fingerprint density at radius 2 is 2.06 bits per heavy atom. The Balaban J connectivity index is 2.36. The van der Waals surface area contributed by atoms with Crippen molar-refractivity contribution in [3.05, 3.63) is 33.9 Å². The molecule has 2 aromatic rings. The van der Waals surface area contributed by atoms with E-state index in [2.05, 4.69) is 10.2 Å². The van der Waals surface area contributed by atoms with Crippen LogP contribution in [0.15, 0.2) is 6.20 Å². The lowest BCUT2D eigenvalue weighted by atomic mass is 10.2. The normalized spacial score (nSPS) is 11.2. The van der Waals surface area contributed by atoms with E-state index in [1.807, 2.05) is 36.3 Å². The van der Waals surface area contributed by atoms with E-state index in [-0.39, 0.29) is 0 Å². The first kappa shape index (κ1) is 13.1. The SMILES string of the molecule is CCn1nc(C)c(Cl)c1Cn1ncc(CN)c1C. The Bertz CT molecular complexity index is 555. The highest BCUT2D eigenvalue weighted by atomic mass is 35.5. The Hall–Kier alpha value is -1.33. The summed E-state index contributed by atoms with van der Waals surface area (Å²) in [4.78, 5) is 0. The summed E-state index contributed by atoms with van der Waals surface area (Å²) in [6.07, 6.45) is 1.81. The quantitative estimate of drug-likeness (QED) is 0.920. The summed E-state index contributed by atoms with van der Waals surface area (Å²) in [6, 6.07) is 0. The molecule has 0 aromatic carbocycles. The number of hydrogen-bond donors (Lipinski definition) is 1. The molecule has 0 radical (unpaired) electrons. The summed E-state index contributed by atoms with van der Waals surface area (Å²) >= 11 is 6.29. The van der Waals surface area contributed by atoms with Gasteiger partial charge >= 0.3 is 0 Å². The van der Waals surface area contributed by atoms with Gasteiger partial charge in [-0.15, -0.1) is 0 Å². The molecule has 0 saturated carbocycles. The molecule has 6 heteroatoms. The number of aryl methyl sites for hydroxylation is 2. The topological polar surface area (TPSA) is 61.7 Å². The molecular formula is C12H18ClN5. The molecule has 18 heavy (non-hydrogen) atoms. The molecule has 0 aliphatic rings. The van der Waals surface area contributed by atoms with Gasteiger partial charge in [0.05, 0.1) is 29.2 Å². The van der Waals surface area contributed by atoms with Crippen molar-refractivity contribution in [2.45, 2.75) is 40.4 Å². The number of hydrogen-bond acceptors (Lipinski definition) is 3. The Kier molecular flexibility index (Phi) is 3.73. The van der Waals surface area contributed by atoms with Crippen LogP contribution in [-0.4, -0.2) is 19.6 Å². The monoisotopic (exact) mass is 267 g/mol. The molecule has 0 fully saturated rings. The van der Waals surface area contributed by atoms with E-state index in [4.69, 9.17) is 17.3 Å². The predicted molar refractivity (Wildman–Crippen MR) is 71.6 cm³/mol. The van der Waals surface area contributed by atoms with Crippen LogP contribution in [0.25, 0.3) is 0 Å². The fourth-order valence-electron chi connectivity index (χ4n) is 2.01. The Morgan fingerprint density at radius 3 is 2.61 bits per heavy atom. The first-order valence-corrected chi connectivity index (χ1v) is 6.39. The van der Waals surface area contributed by atoms with Gasteiger partial charge in [0.15, 0.2) is 0 Å². The summed E-state index contributed by atoms with van der Waals surface area (Å²) in [5.74, 6) is 0. The number of nitrogens with two attached hydrogens (primary N) is 1. The highest BCUT2D eigenvalue weighted by Crippen LogP contribution is 2.21. The van der Waals surface area contributed by atoms with Crippen LogP contribution in [0.3, 0.4) is 0 Å². The van der Waals surface area contributed by atoms with Crippen molar-refractivity contribution in [3.8, 4) is 0 Å². The van der Waals surface area contributed by atoms with Crippen molar-refractivity contribution in [1.29, 1.82) is 0 Å². The van der Waals surface area contributed by atoms with Crippen molar-refractivity contribution in [2.24, 2.45) is 5.73 Å². The molecule has 2 N–H and O–H groups in total. The van der Waals surface area contributed by atoms with Gasteiger partial charge in [-0.05, 0) is 20.8 Å². The average Bonchev–Trinajstić information content (AvgIpc) is 2.85. The largest absolute Gasteiger partial charge is 0.326 e. The first-order valence-electron chi connectivity index (χ1n) is 6.01. The van der Waals surface area contributed by atoms with Crippen molar-refractivity contribution in [3.63, 3.8) is 0 Å². The summed E-state index contributed by atoms with van der Waals surface area (Å²) in [6.45, 7) is 7.91. The van der Waals surface area contributed by atoms with Crippen LogP contribution in [0.5, 0.6) is 0 Å². The van der Waals surface area contributed by atoms with Crippen LogP contribution < -0.4 is 5.73 Å². The Labute approximate surface area is 112 Å². The van der Waals surface area contributed by atoms with Crippen LogP contribution in [0.2, 0.25) is 5.02 Å². The third-order valence-corrected chi connectivity index (χ3v) is 3.67. The van der Waals surface area contributed by atoms with E-state index in [0.29, 0.717) is 13.1 Å². The number of aromatic nitrogens is 4. The molecule has 0 bridgehead atoms. The lowest BCUT2D eigenvalue weighted by Gasteiger charge is -2.08. The molecule has 0 aliphatic heterocycles. The molecule has 2 heterocycles. The molecule has 2 rings (SSSR count). The number of halogens is 1. The van der Waals surface area contributed by atoms with Gasteiger partial charge < -0.3 is 5.73 Å². The lowest BCUT2D eigenvalue weighted by molar-refractivity contribution is 0.568. The molecular weight excluding hydrogens is 250 g/mol. The van der Waals surface area contributed by atoms with E-state index in [9.17, 15) is 0 Å². The van der Waals surface area contributed by atoms with Gasteiger partial charge in [-0.2, -0.15) is 10.2 Å². The van der Waals surface area contributed by atoms with E-state index in [1.54, 1.807) is 0 Å². The molecule has 0 unspecified atom stereocenters. The smallest absolute Gasteiger partial charge is 0.0866 e. The third-order valence-electron chi connectivity index (χ3n) is 3.18. The summed E-state index contributed by atoms with van der Waals surface area (Å²) in [5, 5.41) is 9.47. The van der Waals surface area contributed by atoms with E-state index in [0.717, 1.165) is 34.2 Å². The van der Waals surface area contributed by atoms with Crippen molar-refractivity contribution in [1.82, 2.24) is 19.6 Å². The molecule has 0 atom stereocenters. The zero-order valence-corrected chi connectivity index (χ0v) is 11.7. The molecule has 98 valence electrons. The molecule has 0 aliphatic carbocycles. The average molecular weight is 268 g/mol. The fraction of sp³-hybridized carbons (Fsp3) is 0.500. The molecule has 2 aromatic heterocycles. The zero-order chi connectivity index (χ0) is 13.3. The minimum absolute atomic E-state index is 0.506. The van der Waals surface area contributed by atoms with E-state index in [1.165, 1.54) is 0 Å². The molecule has 0 amide bonds. The van der Waals surface area contributed by atoms with Gasteiger partial charge in [-0.25, -0.2) is 0 Å². The predicted octanol–water partition coefficient (Wildman–Crippen LogP) is 1.88. The van der Waals surface area contributed by atoms with Gasteiger partial charge in [0.25, 0.3) is 0 Å². The third kappa shape index (κ3) is 2.15. The lowest BCUT2D eigenvalue weighted by Crippen LogP contribution is -2.11. The maximum Gasteiger partial charge on any atom is 0.0866 e. The fourth-order valence-corrected chi connectivity index (χ4v) is 2.20. The second-order valence-corrected chi connectivity index (χ2v) is 4.66. The van der Waals surface area contributed by atoms with Crippen molar-refractivity contribution < 1.29 is 0 Å². The van der Waals surface area contributed by atoms with Gasteiger partial charge in [-0.1, -0.05) is 11.6 Å². The van der Waals surface area contributed by atoms with Crippen LogP contribution in [0.4, 0.5) is 0 Å². The molecule has 0 saturated heterocycles. The van der Waals surface area contributed by atoms with Gasteiger partial charge in [0, 0.05) is 24.3 Å². The molecule has 0 spiro atoms. The molecule has 5 nitrogen and oxygen atoms in total. The van der Waals surface area contributed by atoms with Gasteiger partial charge in [-0.3, -0.25) is 9.36 Å². The minimum Gasteiger partial charge on any atom is -0.326 e. The van der Waals surface area contributed by atoms with Crippen LogP contribution >= 0.6 is 11.6 Å². The van der Waals surface area contributed by atoms with Gasteiger partial charge in [0.1, 0.15) is 0 Å². The van der Waals surface area contributed by atoms with E-state index < -0.39 is 0 Å². The maximum absolute atomic E-state index is 6.29. The van der Waals surface area contributed by atoms with Gasteiger partial charge in [0.2, 0.25) is 0 Å². The van der Waals surface area contributed by atoms with Crippen LogP contribution in [0.1, 0.15) is 29.6 Å². The minimum atomic E-state index is 0.506. The Morgan fingerprint density at radius 1 is 1.33 bits per heavy atom.